The fourth-order valence-corrected chi connectivity index (χ4v) is 1.83. The molecule has 0 saturated heterocycles. The van der Waals surface area contributed by atoms with Crippen LogP contribution in [0.3, 0.4) is 0 Å². The molecule has 0 aliphatic carbocycles. The number of allylic oxidation sites excluding steroid dienone is 8. The van der Waals surface area contributed by atoms with Gasteiger partial charge in [0.1, 0.15) is 0 Å². The topological polar surface area (TPSA) is 66.6 Å². The highest BCUT2D eigenvalue weighted by molar-refractivity contribution is 5.78. The van der Waals surface area contributed by atoms with Crippen LogP contribution < -0.4 is 5.32 Å². The summed E-state index contributed by atoms with van der Waals surface area (Å²) >= 11 is 0. The second kappa shape index (κ2) is 8.26. The van der Waals surface area contributed by atoms with Gasteiger partial charge in [0.2, 0.25) is 0 Å². The van der Waals surface area contributed by atoms with Crippen LogP contribution in [0.1, 0.15) is 5.69 Å². The Bertz CT molecular complexity index is 689. The van der Waals surface area contributed by atoms with Gasteiger partial charge < -0.3 is 9.67 Å². The Kier molecular flexibility index (Phi) is 5.75. The van der Waals surface area contributed by atoms with E-state index in [2.05, 4.69) is 14.9 Å². The number of nitrogens with one attached hydrogen (secondary N) is 1. The van der Waals surface area contributed by atoms with Crippen LogP contribution in [0, 0.1) is 0 Å². The lowest BCUT2D eigenvalue weighted by molar-refractivity contribution is 0.198. The number of aromatic nitrogens is 1. The lowest BCUT2D eigenvalue weighted by Crippen LogP contribution is -2.18. The zero-order valence-corrected chi connectivity index (χ0v) is 12.0. The summed E-state index contributed by atoms with van der Waals surface area (Å²) in [7, 11) is 0. The molecule has 0 fully saturated rings. The first kappa shape index (κ1) is 15.3. The maximum Gasteiger partial charge on any atom is 0.409 e. The second-order valence-electron chi connectivity index (χ2n) is 4.43. The predicted octanol–water partition coefficient (Wildman–Crippen LogP) is 3.25. The molecule has 2 rings (SSSR count). The van der Waals surface area contributed by atoms with Crippen molar-refractivity contribution in [2.45, 2.75) is 6.54 Å². The molecule has 1 amide bonds. The van der Waals surface area contributed by atoms with Crippen molar-refractivity contribution >= 4 is 12.3 Å². The largest absolute Gasteiger partial charge is 0.465 e. The molecule has 112 valence electrons. The molecule has 1 aromatic heterocycles. The van der Waals surface area contributed by atoms with Crippen molar-refractivity contribution in [3.63, 3.8) is 0 Å². The van der Waals surface area contributed by atoms with Crippen molar-refractivity contribution in [3.05, 3.63) is 84.5 Å². The van der Waals surface area contributed by atoms with Crippen molar-refractivity contribution in [3.8, 4) is 0 Å². The number of carbonyl (C=O) groups is 1. The highest BCUT2D eigenvalue weighted by atomic mass is 16.4. The van der Waals surface area contributed by atoms with Crippen LogP contribution in [-0.2, 0) is 6.54 Å². The monoisotopic (exact) mass is 295 g/mol. The van der Waals surface area contributed by atoms with Gasteiger partial charge in [0.05, 0.1) is 11.9 Å². The normalized spacial score (nSPS) is 14.8. The van der Waals surface area contributed by atoms with E-state index in [1.807, 2.05) is 42.6 Å². The minimum Gasteiger partial charge on any atom is -0.465 e. The first-order chi connectivity index (χ1) is 10.8. The molecule has 22 heavy (non-hydrogen) atoms. The minimum atomic E-state index is -1.10. The van der Waals surface area contributed by atoms with Crippen LogP contribution in [0.25, 0.3) is 0 Å². The van der Waals surface area contributed by atoms with Crippen LogP contribution >= 0.6 is 0 Å². The highest BCUT2D eigenvalue weighted by Crippen LogP contribution is 2.01. The first-order valence-corrected chi connectivity index (χ1v) is 6.81. The zero-order chi connectivity index (χ0) is 15.6. The molecule has 0 aromatic carbocycles. The third-order valence-corrected chi connectivity index (χ3v) is 2.82. The van der Waals surface area contributed by atoms with E-state index in [1.165, 1.54) is 0 Å². The fourth-order valence-electron chi connectivity index (χ4n) is 1.83. The summed E-state index contributed by atoms with van der Waals surface area (Å²) in [6, 6.07) is 3.95. The van der Waals surface area contributed by atoms with Crippen molar-refractivity contribution in [2.24, 2.45) is 4.99 Å². The Morgan fingerprint density at radius 3 is 2.95 bits per heavy atom. The maximum atomic E-state index is 10.7. The number of hydrogen-bond acceptors (Lipinski definition) is 2. The molecule has 1 aromatic rings. The van der Waals surface area contributed by atoms with E-state index in [1.54, 1.807) is 36.7 Å². The third-order valence-electron chi connectivity index (χ3n) is 2.82. The Hall–Kier alpha value is -3.08. The zero-order valence-electron chi connectivity index (χ0n) is 12.0. The summed E-state index contributed by atoms with van der Waals surface area (Å²) in [5, 5.41) is 11.1. The number of amides is 1. The number of carboxylic acid groups (broad SMARTS) is 1. The Labute approximate surface area is 129 Å². The number of nitrogens with zero attached hydrogens (tertiary/aromatic N) is 2. The van der Waals surface area contributed by atoms with Crippen molar-refractivity contribution < 1.29 is 9.90 Å². The molecular weight excluding hydrogens is 278 g/mol. The molecule has 0 spiro atoms. The van der Waals surface area contributed by atoms with Gasteiger partial charge in [-0.05, 0) is 30.4 Å². The van der Waals surface area contributed by atoms with Crippen LogP contribution in [0.15, 0.2) is 83.8 Å². The van der Waals surface area contributed by atoms with E-state index in [0.717, 1.165) is 12.2 Å². The summed E-state index contributed by atoms with van der Waals surface area (Å²) in [5.74, 6) is 0. The SMILES string of the molecule is O=C(O)NC1=CC=CN=Cc2cccn2CC=CC=CC=C1. The van der Waals surface area contributed by atoms with Gasteiger partial charge in [0, 0.05) is 24.6 Å². The summed E-state index contributed by atoms with van der Waals surface area (Å²) in [4.78, 5) is 14.9. The molecule has 5 nitrogen and oxygen atoms in total. The Morgan fingerprint density at radius 1 is 1.23 bits per heavy atom. The van der Waals surface area contributed by atoms with Gasteiger partial charge in [0.25, 0.3) is 0 Å². The van der Waals surface area contributed by atoms with Gasteiger partial charge >= 0.3 is 6.09 Å². The molecular formula is C17H17N3O2. The van der Waals surface area contributed by atoms with Crippen molar-refractivity contribution in [1.82, 2.24) is 9.88 Å². The van der Waals surface area contributed by atoms with Gasteiger partial charge in [-0.25, -0.2) is 4.79 Å². The van der Waals surface area contributed by atoms with Crippen molar-refractivity contribution in [2.75, 3.05) is 0 Å². The molecule has 0 unspecified atom stereocenters. The van der Waals surface area contributed by atoms with Gasteiger partial charge in [-0.2, -0.15) is 0 Å². The number of fused-ring (bicyclic) bond motifs is 1. The number of aliphatic imine (C=N–C) groups is 1. The van der Waals surface area contributed by atoms with Gasteiger partial charge in [0.15, 0.2) is 0 Å². The third kappa shape index (κ3) is 5.13. The summed E-state index contributed by atoms with van der Waals surface area (Å²) < 4.78 is 2.07. The maximum absolute atomic E-state index is 10.7. The molecule has 5 heteroatoms. The van der Waals surface area contributed by atoms with Crippen LogP contribution in [0.2, 0.25) is 0 Å². The second-order valence-corrected chi connectivity index (χ2v) is 4.43. The van der Waals surface area contributed by atoms with E-state index in [-0.39, 0.29) is 0 Å². The molecule has 2 heterocycles. The van der Waals surface area contributed by atoms with E-state index in [0.29, 0.717) is 5.70 Å². The van der Waals surface area contributed by atoms with E-state index in [4.69, 9.17) is 5.11 Å². The molecule has 0 bridgehead atoms. The number of hydrogen-bond donors (Lipinski definition) is 2. The van der Waals surface area contributed by atoms with E-state index in [9.17, 15) is 4.79 Å². The molecule has 1 aliphatic rings. The average Bonchev–Trinajstić information content (AvgIpc) is 2.91. The molecule has 1 aliphatic heterocycles. The predicted molar refractivity (Wildman–Crippen MR) is 87.8 cm³/mol. The van der Waals surface area contributed by atoms with Gasteiger partial charge in [-0.3, -0.25) is 10.3 Å². The van der Waals surface area contributed by atoms with E-state index < -0.39 is 6.09 Å². The quantitative estimate of drug-likeness (QED) is 0.835. The minimum absolute atomic E-state index is 0.464. The fraction of sp³-hybridized carbons (Fsp3) is 0.0588. The molecule has 0 radical (unpaired) electrons. The lowest BCUT2D eigenvalue weighted by Gasteiger charge is -2.00. The van der Waals surface area contributed by atoms with Crippen LogP contribution in [0.4, 0.5) is 4.79 Å². The van der Waals surface area contributed by atoms with Crippen molar-refractivity contribution in [1.29, 1.82) is 0 Å². The van der Waals surface area contributed by atoms with Gasteiger partial charge in [-0.1, -0.05) is 30.4 Å². The highest BCUT2D eigenvalue weighted by Gasteiger charge is 1.96. The lowest BCUT2D eigenvalue weighted by atomic mass is 10.3. The number of rotatable bonds is 1. The van der Waals surface area contributed by atoms with Crippen LogP contribution in [-0.4, -0.2) is 22.0 Å². The molecule has 0 atom stereocenters. The Balaban J connectivity index is 2.24. The smallest absolute Gasteiger partial charge is 0.409 e. The van der Waals surface area contributed by atoms with Crippen LogP contribution in [0.5, 0.6) is 0 Å². The van der Waals surface area contributed by atoms with Gasteiger partial charge in [-0.15, -0.1) is 0 Å². The van der Waals surface area contributed by atoms with E-state index >= 15 is 0 Å². The summed E-state index contributed by atoms with van der Waals surface area (Å²) in [6.07, 6.45) is 18.7. The summed E-state index contributed by atoms with van der Waals surface area (Å²) in [5.41, 5.74) is 1.46. The molecule has 2 N–H and O–H groups in total. The Morgan fingerprint density at radius 2 is 2.09 bits per heavy atom. The summed E-state index contributed by atoms with van der Waals surface area (Å²) in [6.45, 7) is 0.760. The standard InChI is InChI=1S/C17H17N3O2/c21-17(22)19-15-8-4-2-1-3-5-12-20-13-7-10-16(20)14-18-11-6-9-15/h1-11,13-14,19H,12H2,(H,21,22). The molecule has 0 saturated carbocycles. The first-order valence-electron chi connectivity index (χ1n) is 6.81. The average molecular weight is 295 g/mol.